The standard InChI is InChI=1S/C18H22N2O3/c1-2-12-10-17(21)15-9-13(6-7-16(15)19-12)20-18(22)11-14-5-3-4-8-23-14/h6-7,9-10,14H,2-5,8,11H2,1H3,(H,19,21)(H,20,22)/t14-/m1/s1. The number of nitrogens with one attached hydrogen (secondary N) is 2. The number of aromatic nitrogens is 1. The van der Waals surface area contributed by atoms with Gasteiger partial charge in [0.2, 0.25) is 5.91 Å². The highest BCUT2D eigenvalue weighted by atomic mass is 16.5. The summed E-state index contributed by atoms with van der Waals surface area (Å²) >= 11 is 0. The van der Waals surface area contributed by atoms with Gasteiger partial charge in [0.15, 0.2) is 5.43 Å². The third kappa shape index (κ3) is 3.79. The summed E-state index contributed by atoms with van der Waals surface area (Å²) in [5, 5.41) is 3.46. The number of anilines is 1. The van der Waals surface area contributed by atoms with E-state index >= 15 is 0 Å². The Bertz CT molecular complexity index is 760. The fraction of sp³-hybridized carbons (Fsp3) is 0.444. The highest BCUT2D eigenvalue weighted by Crippen LogP contribution is 2.18. The van der Waals surface area contributed by atoms with Gasteiger partial charge in [-0.1, -0.05) is 6.92 Å². The third-order valence-electron chi connectivity index (χ3n) is 4.24. The molecule has 1 aliphatic rings. The Kier molecular flexibility index (Phi) is 4.76. The highest BCUT2D eigenvalue weighted by Gasteiger charge is 2.17. The topological polar surface area (TPSA) is 71.2 Å². The van der Waals surface area contributed by atoms with E-state index in [4.69, 9.17) is 4.74 Å². The molecule has 1 aliphatic heterocycles. The van der Waals surface area contributed by atoms with Crippen molar-refractivity contribution in [1.29, 1.82) is 0 Å². The smallest absolute Gasteiger partial charge is 0.226 e. The lowest BCUT2D eigenvalue weighted by molar-refractivity contribution is -0.119. The van der Waals surface area contributed by atoms with Crippen LogP contribution in [0.2, 0.25) is 0 Å². The third-order valence-corrected chi connectivity index (χ3v) is 4.24. The summed E-state index contributed by atoms with van der Waals surface area (Å²) in [5.74, 6) is -0.0714. The summed E-state index contributed by atoms with van der Waals surface area (Å²) in [6, 6.07) is 7.00. The summed E-state index contributed by atoms with van der Waals surface area (Å²) in [7, 11) is 0. The van der Waals surface area contributed by atoms with Gasteiger partial charge in [-0.05, 0) is 43.9 Å². The molecule has 1 aromatic carbocycles. The summed E-state index contributed by atoms with van der Waals surface area (Å²) in [4.78, 5) is 27.5. The molecule has 1 fully saturated rings. The summed E-state index contributed by atoms with van der Waals surface area (Å²) in [5.41, 5.74) is 2.33. The molecule has 122 valence electrons. The first kappa shape index (κ1) is 15.7. The van der Waals surface area contributed by atoms with Crippen LogP contribution >= 0.6 is 0 Å². The second kappa shape index (κ2) is 6.96. The van der Waals surface area contributed by atoms with Crippen LogP contribution < -0.4 is 10.7 Å². The molecule has 5 nitrogen and oxygen atoms in total. The van der Waals surface area contributed by atoms with Gasteiger partial charge in [-0.15, -0.1) is 0 Å². The van der Waals surface area contributed by atoms with Gasteiger partial charge in [-0.3, -0.25) is 9.59 Å². The first-order chi connectivity index (χ1) is 11.2. The van der Waals surface area contributed by atoms with Crippen LogP contribution in [0.15, 0.2) is 29.1 Å². The van der Waals surface area contributed by atoms with Gasteiger partial charge in [-0.25, -0.2) is 0 Å². The minimum Gasteiger partial charge on any atom is -0.378 e. The van der Waals surface area contributed by atoms with E-state index in [9.17, 15) is 9.59 Å². The number of aryl methyl sites for hydroxylation is 1. The molecule has 0 aliphatic carbocycles. The lowest BCUT2D eigenvalue weighted by Crippen LogP contribution is -2.25. The van der Waals surface area contributed by atoms with Crippen molar-refractivity contribution >= 4 is 22.5 Å². The van der Waals surface area contributed by atoms with Gasteiger partial charge in [0.25, 0.3) is 0 Å². The van der Waals surface area contributed by atoms with Gasteiger partial charge in [0, 0.05) is 35.0 Å². The Hall–Kier alpha value is -2.14. The van der Waals surface area contributed by atoms with Crippen molar-refractivity contribution in [2.24, 2.45) is 0 Å². The molecular formula is C18H22N2O3. The molecular weight excluding hydrogens is 292 g/mol. The summed E-state index contributed by atoms with van der Waals surface area (Å²) in [6.07, 6.45) is 4.28. The molecule has 0 spiro atoms. The minimum atomic E-state index is -0.0714. The van der Waals surface area contributed by atoms with Crippen molar-refractivity contribution in [2.45, 2.75) is 45.1 Å². The predicted molar refractivity (Wildman–Crippen MR) is 90.8 cm³/mol. The van der Waals surface area contributed by atoms with E-state index < -0.39 is 0 Å². The second-order valence-electron chi connectivity index (χ2n) is 6.01. The predicted octanol–water partition coefficient (Wildman–Crippen LogP) is 2.99. The van der Waals surface area contributed by atoms with Crippen molar-refractivity contribution in [3.63, 3.8) is 0 Å². The lowest BCUT2D eigenvalue weighted by Gasteiger charge is -2.21. The number of benzene rings is 1. The van der Waals surface area contributed by atoms with Gasteiger partial charge < -0.3 is 15.0 Å². The van der Waals surface area contributed by atoms with Gasteiger partial charge in [0.1, 0.15) is 0 Å². The van der Waals surface area contributed by atoms with E-state index in [0.29, 0.717) is 17.5 Å². The normalized spacial score (nSPS) is 18.0. The van der Waals surface area contributed by atoms with E-state index in [0.717, 1.165) is 43.5 Å². The van der Waals surface area contributed by atoms with Crippen LogP contribution in [0.4, 0.5) is 5.69 Å². The van der Waals surface area contributed by atoms with Gasteiger partial charge in [-0.2, -0.15) is 0 Å². The maximum Gasteiger partial charge on any atom is 0.226 e. The van der Waals surface area contributed by atoms with Crippen molar-refractivity contribution in [2.75, 3.05) is 11.9 Å². The van der Waals surface area contributed by atoms with Crippen LogP contribution in [0.5, 0.6) is 0 Å². The molecule has 1 amide bonds. The maximum absolute atomic E-state index is 12.2. The maximum atomic E-state index is 12.2. The SMILES string of the molecule is CCc1cc(=O)c2cc(NC(=O)C[C@H]3CCCCO3)ccc2[nH]1. The number of hydrogen-bond donors (Lipinski definition) is 2. The largest absolute Gasteiger partial charge is 0.378 e. The minimum absolute atomic E-state index is 0.0136. The zero-order chi connectivity index (χ0) is 16.2. The van der Waals surface area contributed by atoms with Crippen LogP contribution in [0.1, 0.15) is 38.3 Å². The summed E-state index contributed by atoms with van der Waals surface area (Å²) in [6.45, 7) is 2.74. The van der Waals surface area contributed by atoms with E-state index in [1.54, 1.807) is 12.1 Å². The number of amides is 1. The van der Waals surface area contributed by atoms with Crippen molar-refractivity contribution < 1.29 is 9.53 Å². The number of H-pyrrole nitrogens is 1. The average Bonchev–Trinajstić information content (AvgIpc) is 2.56. The zero-order valence-electron chi connectivity index (χ0n) is 13.4. The van der Waals surface area contributed by atoms with Crippen LogP contribution in [0.3, 0.4) is 0 Å². The van der Waals surface area contributed by atoms with E-state index in [1.165, 1.54) is 0 Å². The molecule has 2 heterocycles. The fourth-order valence-corrected chi connectivity index (χ4v) is 2.96. The molecule has 3 rings (SSSR count). The molecule has 5 heteroatoms. The van der Waals surface area contributed by atoms with Crippen LogP contribution in [0.25, 0.3) is 10.9 Å². The molecule has 1 aromatic heterocycles. The number of pyridine rings is 1. The highest BCUT2D eigenvalue weighted by molar-refractivity contribution is 5.93. The number of fused-ring (bicyclic) bond motifs is 1. The van der Waals surface area contributed by atoms with E-state index in [-0.39, 0.29) is 17.4 Å². The number of aromatic amines is 1. The van der Waals surface area contributed by atoms with Crippen LogP contribution in [0, 0.1) is 0 Å². The second-order valence-corrected chi connectivity index (χ2v) is 6.01. The molecule has 0 unspecified atom stereocenters. The zero-order valence-corrected chi connectivity index (χ0v) is 13.4. The molecule has 0 saturated carbocycles. The molecule has 23 heavy (non-hydrogen) atoms. The fourth-order valence-electron chi connectivity index (χ4n) is 2.96. The first-order valence-corrected chi connectivity index (χ1v) is 8.23. The van der Waals surface area contributed by atoms with Crippen LogP contribution in [-0.2, 0) is 16.0 Å². The number of rotatable bonds is 4. The quantitative estimate of drug-likeness (QED) is 0.911. The Labute approximate surface area is 135 Å². The van der Waals surface area contributed by atoms with E-state index in [1.807, 2.05) is 19.1 Å². The molecule has 0 bridgehead atoms. The summed E-state index contributed by atoms with van der Waals surface area (Å²) < 4.78 is 5.59. The number of hydrogen-bond acceptors (Lipinski definition) is 3. The number of ether oxygens (including phenoxy) is 1. The Morgan fingerprint density at radius 2 is 2.22 bits per heavy atom. The first-order valence-electron chi connectivity index (χ1n) is 8.23. The molecule has 1 saturated heterocycles. The van der Waals surface area contributed by atoms with Gasteiger partial charge in [0.05, 0.1) is 12.5 Å². The Morgan fingerprint density at radius 3 is 2.96 bits per heavy atom. The Balaban J connectivity index is 1.74. The molecule has 2 aromatic rings. The van der Waals surface area contributed by atoms with Crippen LogP contribution in [-0.4, -0.2) is 23.6 Å². The number of carbonyl (C=O) groups excluding carboxylic acids is 1. The number of carbonyl (C=O) groups is 1. The van der Waals surface area contributed by atoms with Crippen molar-refractivity contribution in [1.82, 2.24) is 4.98 Å². The van der Waals surface area contributed by atoms with Gasteiger partial charge >= 0.3 is 0 Å². The van der Waals surface area contributed by atoms with Crippen molar-refractivity contribution in [3.8, 4) is 0 Å². The van der Waals surface area contributed by atoms with E-state index in [2.05, 4.69) is 10.3 Å². The monoisotopic (exact) mass is 314 g/mol. The van der Waals surface area contributed by atoms with Crippen molar-refractivity contribution in [3.05, 3.63) is 40.2 Å². The molecule has 2 N–H and O–H groups in total. The lowest BCUT2D eigenvalue weighted by atomic mass is 10.1. The Morgan fingerprint density at radius 1 is 1.35 bits per heavy atom. The molecule has 0 radical (unpaired) electrons. The average molecular weight is 314 g/mol. The molecule has 1 atom stereocenters.